The Labute approximate surface area is 118 Å². The van der Waals surface area contributed by atoms with Crippen LogP contribution in [0.2, 0.25) is 0 Å². The van der Waals surface area contributed by atoms with E-state index in [4.69, 9.17) is 0 Å². The molecule has 0 spiro atoms. The first kappa shape index (κ1) is 14.3. The van der Waals surface area contributed by atoms with Gasteiger partial charge in [-0.3, -0.25) is 14.3 Å². The summed E-state index contributed by atoms with van der Waals surface area (Å²) < 4.78 is 1.66. The standard InChI is InChI=1S/C14H20N4O2/c1-4-12(19)16-14(6-5-7-14)9-15-13(20)11-8-10(2)18(3)17-11/h4,8H,1,5-7,9H2,2-3H3,(H,15,20)(H,16,19). The molecule has 6 nitrogen and oxygen atoms in total. The summed E-state index contributed by atoms with van der Waals surface area (Å²) in [5, 5.41) is 9.89. The minimum atomic E-state index is -0.329. The van der Waals surface area contributed by atoms with Crippen molar-refractivity contribution < 1.29 is 9.59 Å². The van der Waals surface area contributed by atoms with Gasteiger partial charge in [0, 0.05) is 19.3 Å². The van der Waals surface area contributed by atoms with E-state index in [1.165, 1.54) is 6.08 Å². The topological polar surface area (TPSA) is 76.0 Å². The average molecular weight is 276 g/mol. The largest absolute Gasteiger partial charge is 0.348 e. The Morgan fingerprint density at radius 2 is 2.25 bits per heavy atom. The van der Waals surface area contributed by atoms with Crippen LogP contribution in [0, 0.1) is 6.92 Å². The van der Waals surface area contributed by atoms with Crippen LogP contribution in [0.25, 0.3) is 0 Å². The van der Waals surface area contributed by atoms with Gasteiger partial charge in [-0.25, -0.2) is 0 Å². The minimum Gasteiger partial charge on any atom is -0.348 e. The van der Waals surface area contributed by atoms with Crippen molar-refractivity contribution in [2.24, 2.45) is 7.05 Å². The molecule has 1 aromatic rings. The number of rotatable bonds is 5. The van der Waals surface area contributed by atoms with Gasteiger partial charge in [0.2, 0.25) is 5.91 Å². The molecular weight excluding hydrogens is 256 g/mol. The third-order valence-electron chi connectivity index (χ3n) is 3.82. The maximum atomic E-state index is 12.0. The third kappa shape index (κ3) is 2.89. The van der Waals surface area contributed by atoms with Gasteiger partial charge in [-0.2, -0.15) is 5.10 Å². The van der Waals surface area contributed by atoms with Crippen molar-refractivity contribution in [2.45, 2.75) is 31.7 Å². The lowest BCUT2D eigenvalue weighted by molar-refractivity contribution is -0.119. The number of carbonyl (C=O) groups excluding carboxylic acids is 2. The van der Waals surface area contributed by atoms with Gasteiger partial charge in [0.15, 0.2) is 0 Å². The van der Waals surface area contributed by atoms with Crippen LogP contribution in [-0.2, 0) is 11.8 Å². The molecule has 0 bridgehead atoms. The van der Waals surface area contributed by atoms with E-state index in [0.29, 0.717) is 12.2 Å². The first-order valence-corrected chi connectivity index (χ1v) is 6.69. The molecule has 1 aromatic heterocycles. The highest BCUT2D eigenvalue weighted by atomic mass is 16.2. The van der Waals surface area contributed by atoms with Gasteiger partial charge in [-0.1, -0.05) is 6.58 Å². The normalized spacial score (nSPS) is 16.1. The minimum absolute atomic E-state index is 0.201. The highest BCUT2D eigenvalue weighted by Gasteiger charge is 2.38. The number of aryl methyl sites for hydroxylation is 2. The number of aromatic nitrogens is 2. The van der Waals surface area contributed by atoms with E-state index in [1.54, 1.807) is 17.8 Å². The Morgan fingerprint density at radius 1 is 1.55 bits per heavy atom. The molecule has 0 unspecified atom stereocenters. The van der Waals surface area contributed by atoms with Gasteiger partial charge >= 0.3 is 0 Å². The maximum absolute atomic E-state index is 12.0. The second-order valence-corrected chi connectivity index (χ2v) is 5.30. The summed E-state index contributed by atoms with van der Waals surface area (Å²) in [7, 11) is 1.80. The van der Waals surface area contributed by atoms with Gasteiger partial charge in [-0.15, -0.1) is 0 Å². The molecule has 1 aliphatic rings. The van der Waals surface area contributed by atoms with Crippen molar-refractivity contribution in [1.82, 2.24) is 20.4 Å². The predicted octanol–water partition coefficient (Wildman–Crippen LogP) is 0.683. The highest BCUT2D eigenvalue weighted by Crippen LogP contribution is 2.31. The summed E-state index contributed by atoms with van der Waals surface area (Å²) in [5.74, 6) is -0.416. The van der Waals surface area contributed by atoms with Crippen LogP contribution in [-0.4, -0.2) is 33.7 Å². The molecule has 1 aliphatic carbocycles. The molecular formula is C14H20N4O2. The molecule has 1 fully saturated rings. The summed E-state index contributed by atoms with van der Waals surface area (Å²) in [6, 6.07) is 1.74. The average Bonchev–Trinajstić information content (AvgIpc) is 2.72. The fourth-order valence-corrected chi connectivity index (χ4v) is 2.27. The van der Waals surface area contributed by atoms with Crippen molar-refractivity contribution in [1.29, 1.82) is 0 Å². The van der Waals surface area contributed by atoms with Gasteiger partial charge in [0.25, 0.3) is 5.91 Å². The molecule has 0 saturated heterocycles. The molecule has 2 rings (SSSR count). The van der Waals surface area contributed by atoms with Gasteiger partial charge < -0.3 is 10.6 Å². The predicted molar refractivity (Wildman–Crippen MR) is 75.2 cm³/mol. The molecule has 2 amide bonds. The fraction of sp³-hybridized carbons (Fsp3) is 0.500. The van der Waals surface area contributed by atoms with Crippen LogP contribution in [0.4, 0.5) is 0 Å². The van der Waals surface area contributed by atoms with Crippen molar-refractivity contribution in [3.05, 3.63) is 30.1 Å². The number of amides is 2. The molecule has 20 heavy (non-hydrogen) atoms. The quantitative estimate of drug-likeness (QED) is 0.777. The molecule has 1 heterocycles. The first-order valence-electron chi connectivity index (χ1n) is 6.69. The zero-order valence-electron chi connectivity index (χ0n) is 11.9. The zero-order valence-corrected chi connectivity index (χ0v) is 11.9. The van der Waals surface area contributed by atoms with Crippen molar-refractivity contribution in [3.8, 4) is 0 Å². The lowest BCUT2D eigenvalue weighted by atomic mass is 9.76. The molecule has 108 valence electrons. The lowest BCUT2D eigenvalue weighted by Crippen LogP contribution is -2.59. The monoisotopic (exact) mass is 276 g/mol. The Kier molecular flexibility index (Phi) is 3.92. The summed E-state index contributed by atoms with van der Waals surface area (Å²) in [4.78, 5) is 23.5. The Hall–Kier alpha value is -2.11. The van der Waals surface area contributed by atoms with E-state index in [9.17, 15) is 9.59 Å². The Balaban J connectivity index is 1.94. The summed E-state index contributed by atoms with van der Waals surface area (Å²) in [6.45, 7) is 5.75. The third-order valence-corrected chi connectivity index (χ3v) is 3.82. The number of nitrogens with zero attached hydrogens (tertiary/aromatic N) is 2. The van der Waals surface area contributed by atoms with E-state index in [2.05, 4.69) is 22.3 Å². The number of nitrogens with one attached hydrogen (secondary N) is 2. The molecule has 0 aliphatic heterocycles. The van der Waals surface area contributed by atoms with E-state index in [1.807, 2.05) is 6.92 Å². The van der Waals surface area contributed by atoms with Crippen molar-refractivity contribution in [2.75, 3.05) is 6.54 Å². The summed E-state index contributed by atoms with van der Waals surface area (Å²) in [5.41, 5.74) is 0.994. The van der Waals surface area contributed by atoms with Crippen LogP contribution >= 0.6 is 0 Å². The van der Waals surface area contributed by atoms with Crippen molar-refractivity contribution in [3.63, 3.8) is 0 Å². The van der Waals surface area contributed by atoms with E-state index >= 15 is 0 Å². The van der Waals surface area contributed by atoms with E-state index in [-0.39, 0.29) is 17.4 Å². The van der Waals surface area contributed by atoms with Crippen LogP contribution in [0.3, 0.4) is 0 Å². The maximum Gasteiger partial charge on any atom is 0.271 e. The fourth-order valence-electron chi connectivity index (χ4n) is 2.27. The van der Waals surface area contributed by atoms with E-state index in [0.717, 1.165) is 25.0 Å². The SMILES string of the molecule is C=CC(=O)NC1(CNC(=O)c2cc(C)n(C)n2)CCC1. The molecule has 6 heteroatoms. The number of hydrogen-bond acceptors (Lipinski definition) is 3. The second-order valence-electron chi connectivity index (χ2n) is 5.30. The second kappa shape index (κ2) is 5.48. The van der Waals surface area contributed by atoms with E-state index < -0.39 is 0 Å². The zero-order chi connectivity index (χ0) is 14.8. The van der Waals surface area contributed by atoms with Gasteiger partial charge in [0.1, 0.15) is 5.69 Å². The number of carbonyl (C=O) groups is 2. The Morgan fingerprint density at radius 3 is 2.70 bits per heavy atom. The summed E-state index contributed by atoms with van der Waals surface area (Å²) in [6.07, 6.45) is 4.04. The Bertz CT molecular complexity index is 524. The van der Waals surface area contributed by atoms with Crippen LogP contribution in [0.15, 0.2) is 18.7 Å². The van der Waals surface area contributed by atoms with Crippen LogP contribution in [0.5, 0.6) is 0 Å². The highest BCUT2D eigenvalue weighted by molar-refractivity contribution is 5.92. The molecule has 0 atom stereocenters. The van der Waals surface area contributed by atoms with Gasteiger partial charge in [-0.05, 0) is 38.3 Å². The van der Waals surface area contributed by atoms with Gasteiger partial charge in [0.05, 0.1) is 5.54 Å². The van der Waals surface area contributed by atoms with Crippen LogP contribution < -0.4 is 10.6 Å². The molecule has 1 saturated carbocycles. The van der Waals surface area contributed by atoms with Crippen molar-refractivity contribution >= 4 is 11.8 Å². The summed E-state index contributed by atoms with van der Waals surface area (Å²) >= 11 is 0. The molecule has 0 radical (unpaired) electrons. The molecule has 0 aromatic carbocycles. The smallest absolute Gasteiger partial charge is 0.271 e. The lowest BCUT2D eigenvalue weighted by Gasteiger charge is -2.42. The number of hydrogen-bond donors (Lipinski definition) is 2. The molecule has 2 N–H and O–H groups in total. The van der Waals surface area contributed by atoms with Crippen LogP contribution in [0.1, 0.15) is 35.4 Å². The first-order chi connectivity index (χ1) is 9.46.